The summed E-state index contributed by atoms with van der Waals surface area (Å²) in [6, 6.07) is 17.3. The maximum absolute atomic E-state index is 13.0. The van der Waals surface area contributed by atoms with Crippen molar-refractivity contribution in [2.24, 2.45) is 0 Å². The maximum Gasteiger partial charge on any atom is 0.229 e. The molecule has 4 rings (SSSR count). The fourth-order valence-electron chi connectivity index (χ4n) is 2.89. The van der Waals surface area contributed by atoms with Gasteiger partial charge in [0.05, 0.1) is 13.0 Å². The summed E-state index contributed by atoms with van der Waals surface area (Å²) in [6.45, 7) is 0.499. The predicted octanol–water partition coefficient (Wildman–Crippen LogP) is 3.71. The number of anilines is 1. The average molecular weight is 387 g/mol. The lowest BCUT2D eigenvalue weighted by Gasteiger charge is -2.05. The number of amides is 1. The van der Waals surface area contributed by atoms with E-state index in [9.17, 15) is 9.18 Å². The monoisotopic (exact) mass is 387 g/mol. The SMILES string of the molecule is O=C(Cc1ccc(-c2ncccn2)cc1)Nc1ccn(Cc2ccc(F)cc2)n1. The minimum absolute atomic E-state index is 0.152. The maximum atomic E-state index is 13.0. The second kappa shape index (κ2) is 8.43. The van der Waals surface area contributed by atoms with Crippen LogP contribution in [0.5, 0.6) is 0 Å². The summed E-state index contributed by atoms with van der Waals surface area (Å²) in [5, 5.41) is 7.13. The zero-order valence-corrected chi connectivity index (χ0v) is 15.5. The first-order valence-electron chi connectivity index (χ1n) is 9.10. The Morgan fingerprint density at radius 1 is 0.931 bits per heavy atom. The lowest BCUT2D eigenvalue weighted by molar-refractivity contribution is -0.115. The van der Waals surface area contributed by atoms with E-state index < -0.39 is 0 Å². The first-order valence-corrected chi connectivity index (χ1v) is 9.10. The molecule has 2 heterocycles. The molecule has 0 aliphatic rings. The Labute approximate surface area is 167 Å². The normalized spacial score (nSPS) is 10.7. The van der Waals surface area contributed by atoms with Gasteiger partial charge in [0.15, 0.2) is 11.6 Å². The highest BCUT2D eigenvalue weighted by Gasteiger charge is 2.08. The van der Waals surface area contributed by atoms with Gasteiger partial charge in [-0.3, -0.25) is 9.48 Å². The van der Waals surface area contributed by atoms with Crippen molar-refractivity contribution in [1.29, 1.82) is 0 Å². The van der Waals surface area contributed by atoms with Crippen LogP contribution in [-0.2, 0) is 17.8 Å². The van der Waals surface area contributed by atoms with Crippen LogP contribution in [0.3, 0.4) is 0 Å². The third-order valence-electron chi connectivity index (χ3n) is 4.31. The predicted molar refractivity (Wildman–Crippen MR) is 108 cm³/mol. The van der Waals surface area contributed by atoms with E-state index in [4.69, 9.17) is 0 Å². The molecule has 7 heteroatoms. The van der Waals surface area contributed by atoms with Crippen molar-refractivity contribution in [2.75, 3.05) is 5.32 Å². The minimum atomic E-state index is -0.272. The van der Waals surface area contributed by atoms with Gasteiger partial charge in [-0.1, -0.05) is 36.4 Å². The quantitative estimate of drug-likeness (QED) is 0.547. The molecule has 2 aromatic heterocycles. The van der Waals surface area contributed by atoms with Gasteiger partial charge in [0.25, 0.3) is 0 Å². The van der Waals surface area contributed by atoms with E-state index in [0.717, 1.165) is 16.7 Å². The number of benzene rings is 2. The molecule has 4 aromatic rings. The number of hydrogen-bond acceptors (Lipinski definition) is 4. The van der Waals surface area contributed by atoms with Crippen molar-refractivity contribution in [1.82, 2.24) is 19.7 Å². The van der Waals surface area contributed by atoms with E-state index in [1.165, 1.54) is 12.1 Å². The molecule has 0 fully saturated rings. The van der Waals surface area contributed by atoms with Gasteiger partial charge in [0.1, 0.15) is 5.82 Å². The van der Waals surface area contributed by atoms with Crippen LogP contribution in [0, 0.1) is 5.82 Å². The van der Waals surface area contributed by atoms with Crippen LogP contribution in [0.2, 0.25) is 0 Å². The number of rotatable bonds is 6. The molecule has 0 unspecified atom stereocenters. The number of hydrogen-bond donors (Lipinski definition) is 1. The standard InChI is InChI=1S/C22H18FN5O/c23-19-8-4-17(5-9-19)15-28-13-10-20(27-28)26-21(29)14-16-2-6-18(7-3-16)22-24-11-1-12-25-22/h1-13H,14-15H2,(H,26,27,29). The van der Waals surface area contributed by atoms with E-state index in [-0.39, 0.29) is 18.1 Å². The van der Waals surface area contributed by atoms with Crippen LogP contribution in [0.1, 0.15) is 11.1 Å². The van der Waals surface area contributed by atoms with Crippen LogP contribution < -0.4 is 5.32 Å². The summed E-state index contributed by atoms with van der Waals surface area (Å²) in [7, 11) is 0. The number of nitrogens with one attached hydrogen (secondary N) is 1. The highest BCUT2D eigenvalue weighted by Crippen LogP contribution is 2.15. The molecule has 0 radical (unpaired) electrons. The van der Waals surface area contributed by atoms with Gasteiger partial charge in [-0.05, 0) is 29.3 Å². The fraction of sp³-hybridized carbons (Fsp3) is 0.0909. The number of carbonyl (C=O) groups is 1. The van der Waals surface area contributed by atoms with Gasteiger partial charge in [-0.15, -0.1) is 0 Å². The second-order valence-corrected chi connectivity index (χ2v) is 6.52. The van der Waals surface area contributed by atoms with Gasteiger partial charge in [0, 0.05) is 30.2 Å². The molecule has 0 bridgehead atoms. The van der Waals surface area contributed by atoms with Crippen molar-refractivity contribution >= 4 is 11.7 Å². The topological polar surface area (TPSA) is 72.7 Å². The van der Waals surface area contributed by atoms with E-state index in [1.807, 2.05) is 24.3 Å². The molecule has 144 valence electrons. The summed E-state index contributed by atoms with van der Waals surface area (Å²) in [5.74, 6) is 0.703. The Balaban J connectivity index is 1.34. The van der Waals surface area contributed by atoms with Crippen LogP contribution in [0.25, 0.3) is 11.4 Å². The average Bonchev–Trinajstić information content (AvgIpc) is 3.17. The van der Waals surface area contributed by atoms with Gasteiger partial charge in [0.2, 0.25) is 5.91 Å². The van der Waals surface area contributed by atoms with Crippen LogP contribution in [0.4, 0.5) is 10.2 Å². The molecule has 0 aliphatic carbocycles. The van der Waals surface area contributed by atoms with E-state index >= 15 is 0 Å². The zero-order valence-electron chi connectivity index (χ0n) is 15.5. The first kappa shape index (κ1) is 18.5. The van der Waals surface area contributed by atoms with Gasteiger partial charge in [-0.2, -0.15) is 5.10 Å². The van der Waals surface area contributed by atoms with Crippen molar-refractivity contribution in [3.05, 3.63) is 96.2 Å². The van der Waals surface area contributed by atoms with Gasteiger partial charge >= 0.3 is 0 Å². The summed E-state index contributed by atoms with van der Waals surface area (Å²) >= 11 is 0. The molecule has 0 atom stereocenters. The molecule has 6 nitrogen and oxygen atoms in total. The Bertz CT molecular complexity index is 1090. The Kier molecular flexibility index (Phi) is 5.38. The summed E-state index contributed by atoms with van der Waals surface area (Å²) in [4.78, 5) is 20.7. The van der Waals surface area contributed by atoms with Crippen LogP contribution in [0.15, 0.2) is 79.3 Å². The van der Waals surface area contributed by atoms with Gasteiger partial charge in [-0.25, -0.2) is 14.4 Å². The molecule has 0 saturated carbocycles. The first-order chi connectivity index (χ1) is 14.2. The molecular formula is C22H18FN5O. The van der Waals surface area contributed by atoms with E-state index in [1.54, 1.807) is 47.5 Å². The summed E-state index contributed by atoms with van der Waals surface area (Å²) < 4.78 is 14.7. The van der Waals surface area contributed by atoms with Crippen molar-refractivity contribution < 1.29 is 9.18 Å². The molecular weight excluding hydrogens is 369 g/mol. The minimum Gasteiger partial charge on any atom is -0.309 e. The smallest absolute Gasteiger partial charge is 0.229 e. The Morgan fingerprint density at radius 3 is 2.34 bits per heavy atom. The highest BCUT2D eigenvalue weighted by atomic mass is 19.1. The molecule has 1 N–H and O–H groups in total. The van der Waals surface area contributed by atoms with E-state index in [2.05, 4.69) is 20.4 Å². The third kappa shape index (κ3) is 4.90. The lowest BCUT2D eigenvalue weighted by atomic mass is 10.1. The molecule has 0 saturated heterocycles. The van der Waals surface area contributed by atoms with Crippen molar-refractivity contribution in [3.8, 4) is 11.4 Å². The third-order valence-corrected chi connectivity index (χ3v) is 4.31. The van der Waals surface area contributed by atoms with Crippen molar-refractivity contribution in [2.45, 2.75) is 13.0 Å². The number of nitrogens with zero attached hydrogens (tertiary/aromatic N) is 4. The number of halogens is 1. The number of aromatic nitrogens is 4. The molecule has 2 aromatic carbocycles. The summed E-state index contributed by atoms with van der Waals surface area (Å²) in [5.41, 5.74) is 2.71. The van der Waals surface area contributed by atoms with Crippen LogP contribution >= 0.6 is 0 Å². The van der Waals surface area contributed by atoms with Gasteiger partial charge < -0.3 is 5.32 Å². The van der Waals surface area contributed by atoms with Crippen LogP contribution in [-0.4, -0.2) is 25.7 Å². The summed E-state index contributed by atoms with van der Waals surface area (Å²) in [6.07, 6.45) is 5.40. The molecule has 0 aliphatic heterocycles. The molecule has 29 heavy (non-hydrogen) atoms. The largest absolute Gasteiger partial charge is 0.309 e. The Morgan fingerprint density at radius 2 is 1.62 bits per heavy atom. The molecule has 1 amide bonds. The zero-order chi connectivity index (χ0) is 20.1. The van der Waals surface area contributed by atoms with Crippen molar-refractivity contribution in [3.63, 3.8) is 0 Å². The molecule has 0 spiro atoms. The fourth-order valence-corrected chi connectivity index (χ4v) is 2.89. The highest BCUT2D eigenvalue weighted by molar-refractivity contribution is 5.91. The number of carbonyl (C=O) groups excluding carboxylic acids is 1. The lowest BCUT2D eigenvalue weighted by Crippen LogP contribution is -2.15. The Hall–Kier alpha value is -3.87. The van der Waals surface area contributed by atoms with E-state index in [0.29, 0.717) is 18.2 Å². The second-order valence-electron chi connectivity index (χ2n) is 6.52.